The van der Waals surface area contributed by atoms with Crippen LogP contribution in [-0.4, -0.2) is 29.5 Å². The summed E-state index contributed by atoms with van der Waals surface area (Å²) in [4.78, 5) is 15.5. The highest BCUT2D eigenvalue weighted by atomic mass is 32.2. The fourth-order valence-corrected chi connectivity index (χ4v) is 3.56. The fourth-order valence-electron chi connectivity index (χ4n) is 2.49. The van der Waals surface area contributed by atoms with Gasteiger partial charge in [0.1, 0.15) is 0 Å². The number of carbonyl (C=O) groups is 1. The molecule has 0 radical (unpaired) electrons. The molecule has 0 saturated carbocycles. The molecule has 0 aliphatic carbocycles. The molecule has 0 spiro atoms. The van der Waals surface area contributed by atoms with Crippen LogP contribution in [-0.2, 0) is 21.2 Å². The van der Waals surface area contributed by atoms with Crippen LogP contribution in [0, 0.1) is 0 Å². The van der Waals surface area contributed by atoms with E-state index >= 15 is 0 Å². The van der Waals surface area contributed by atoms with Crippen LogP contribution in [0.5, 0.6) is 0 Å². The lowest BCUT2D eigenvalue weighted by Crippen LogP contribution is -2.13. The Kier molecular flexibility index (Phi) is 2.85. The number of aromatic nitrogens is 3. The number of sulfonamides is 1. The predicted octanol–water partition coefficient (Wildman–Crippen LogP) is 1.25. The monoisotopic (exact) mass is 329 g/mol. The molecule has 9 heteroatoms. The zero-order chi connectivity index (χ0) is 16.0. The summed E-state index contributed by atoms with van der Waals surface area (Å²) in [7, 11) is -3.81. The Morgan fingerprint density at radius 1 is 1.22 bits per heavy atom. The number of carbonyl (C=O) groups excluding carboxylic acids is 1. The quantitative estimate of drug-likeness (QED) is 0.668. The van der Waals surface area contributed by atoms with Gasteiger partial charge in [-0.3, -0.25) is 14.6 Å². The van der Waals surface area contributed by atoms with E-state index in [0.717, 1.165) is 0 Å². The van der Waals surface area contributed by atoms with Crippen LogP contribution in [0.25, 0.3) is 11.0 Å². The van der Waals surface area contributed by atoms with Gasteiger partial charge < -0.3 is 5.32 Å². The molecule has 0 bridgehead atoms. The molecule has 4 rings (SSSR count). The highest BCUT2D eigenvalue weighted by Gasteiger charge is 2.23. The first-order valence-electron chi connectivity index (χ1n) is 6.78. The van der Waals surface area contributed by atoms with Crippen molar-refractivity contribution in [2.24, 2.45) is 0 Å². The van der Waals surface area contributed by atoms with Crippen molar-refractivity contribution in [3.8, 4) is 0 Å². The lowest BCUT2D eigenvalue weighted by Gasteiger charge is -2.07. The molecule has 3 heterocycles. The zero-order valence-electron chi connectivity index (χ0n) is 11.7. The van der Waals surface area contributed by atoms with E-state index in [9.17, 15) is 13.2 Å². The van der Waals surface area contributed by atoms with E-state index in [-0.39, 0.29) is 23.0 Å². The van der Waals surface area contributed by atoms with Crippen LogP contribution in [0.3, 0.4) is 0 Å². The molecule has 0 saturated heterocycles. The number of hydrogen-bond acceptors (Lipinski definition) is 5. The maximum absolute atomic E-state index is 12.5. The summed E-state index contributed by atoms with van der Waals surface area (Å²) in [6.07, 6.45) is 1.76. The van der Waals surface area contributed by atoms with Crippen LogP contribution in [0.2, 0.25) is 0 Å². The first kappa shape index (κ1) is 13.7. The Morgan fingerprint density at radius 3 is 2.96 bits per heavy atom. The van der Waals surface area contributed by atoms with Crippen LogP contribution < -0.4 is 10.0 Å². The van der Waals surface area contributed by atoms with Gasteiger partial charge >= 0.3 is 0 Å². The molecule has 2 aromatic heterocycles. The van der Waals surface area contributed by atoms with Gasteiger partial charge in [0, 0.05) is 11.9 Å². The van der Waals surface area contributed by atoms with E-state index in [2.05, 4.69) is 25.2 Å². The molecule has 0 unspecified atom stereocenters. The molecule has 116 valence electrons. The van der Waals surface area contributed by atoms with Crippen LogP contribution in [0.15, 0.2) is 41.4 Å². The lowest BCUT2D eigenvalue weighted by molar-refractivity contribution is -0.115. The van der Waals surface area contributed by atoms with Gasteiger partial charge in [-0.1, -0.05) is 0 Å². The highest BCUT2D eigenvalue weighted by molar-refractivity contribution is 7.92. The number of aromatic amines is 1. The van der Waals surface area contributed by atoms with Crippen molar-refractivity contribution in [2.75, 3.05) is 10.0 Å². The molecule has 1 aliphatic heterocycles. The van der Waals surface area contributed by atoms with Crippen molar-refractivity contribution >= 4 is 38.5 Å². The van der Waals surface area contributed by atoms with Crippen molar-refractivity contribution in [2.45, 2.75) is 11.3 Å². The standard InChI is InChI=1S/C14H11N5O3S/c20-12-7-8-6-9(3-4-11(8)16-12)23(21,22)19-14-10-2-1-5-15-13(10)17-18-14/h1-6H,7H2,(H,16,20)(H2,15,17,18,19). The SMILES string of the molecule is O=C1Cc2cc(S(=O)(=O)Nc3n[nH]c4ncccc34)ccc2N1. The third kappa shape index (κ3) is 2.30. The minimum absolute atomic E-state index is 0.0767. The van der Waals surface area contributed by atoms with Gasteiger partial charge in [0.2, 0.25) is 5.91 Å². The largest absolute Gasteiger partial charge is 0.326 e. The normalized spacial score (nSPS) is 13.8. The molecular weight excluding hydrogens is 318 g/mol. The van der Waals surface area contributed by atoms with Crippen LogP contribution >= 0.6 is 0 Å². The molecular formula is C14H11N5O3S. The lowest BCUT2D eigenvalue weighted by atomic mass is 10.2. The number of nitrogens with zero attached hydrogens (tertiary/aromatic N) is 2. The van der Waals surface area contributed by atoms with E-state index < -0.39 is 10.0 Å². The maximum Gasteiger partial charge on any atom is 0.263 e. The van der Waals surface area contributed by atoms with Gasteiger partial charge in [-0.25, -0.2) is 13.4 Å². The van der Waals surface area contributed by atoms with E-state index in [1.165, 1.54) is 12.1 Å². The second-order valence-corrected chi connectivity index (χ2v) is 6.80. The van der Waals surface area contributed by atoms with Gasteiger partial charge in [-0.15, -0.1) is 0 Å². The first-order valence-corrected chi connectivity index (χ1v) is 8.26. The van der Waals surface area contributed by atoms with Gasteiger partial charge in [0.15, 0.2) is 11.5 Å². The Morgan fingerprint density at radius 2 is 2.09 bits per heavy atom. The van der Waals surface area contributed by atoms with Gasteiger partial charge in [-0.2, -0.15) is 5.10 Å². The molecule has 1 aliphatic rings. The molecule has 0 fully saturated rings. The number of anilines is 2. The summed E-state index contributed by atoms with van der Waals surface area (Å²) < 4.78 is 27.5. The smallest absolute Gasteiger partial charge is 0.263 e. The summed E-state index contributed by atoms with van der Waals surface area (Å²) in [6, 6.07) is 7.93. The number of pyridine rings is 1. The number of amides is 1. The number of H-pyrrole nitrogens is 1. The summed E-state index contributed by atoms with van der Waals surface area (Å²) in [5, 5.41) is 9.86. The molecule has 8 nitrogen and oxygen atoms in total. The maximum atomic E-state index is 12.5. The number of fused-ring (bicyclic) bond motifs is 2. The van der Waals surface area contributed by atoms with Crippen molar-refractivity contribution in [1.82, 2.24) is 15.2 Å². The average Bonchev–Trinajstić information content (AvgIpc) is 3.09. The summed E-state index contributed by atoms with van der Waals surface area (Å²) in [5.41, 5.74) is 1.80. The Labute approximate surface area is 131 Å². The van der Waals surface area contributed by atoms with Crippen molar-refractivity contribution < 1.29 is 13.2 Å². The number of nitrogens with one attached hydrogen (secondary N) is 3. The van der Waals surface area contributed by atoms with E-state index in [1.807, 2.05) is 0 Å². The number of benzene rings is 1. The molecule has 1 amide bonds. The van der Waals surface area contributed by atoms with Gasteiger partial charge in [-0.05, 0) is 35.9 Å². The van der Waals surface area contributed by atoms with E-state index in [0.29, 0.717) is 22.3 Å². The summed E-state index contributed by atoms with van der Waals surface area (Å²) in [6.45, 7) is 0. The second kappa shape index (κ2) is 4.78. The van der Waals surface area contributed by atoms with Crippen molar-refractivity contribution in [1.29, 1.82) is 0 Å². The fraction of sp³-hybridized carbons (Fsp3) is 0.0714. The summed E-state index contributed by atoms with van der Waals surface area (Å²) >= 11 is 0. The molecule has 23 heavy (non-hydrogen) atoms. The van der Waals surface area contributed by atoms with Crippen molar-refractivity contribution in [3.05, 3.63) is 42.1 Å². The van der Waals surface area contributed by atoms with Gasteiger partial charge in [0.05, 0.1) is 16.7 Å². The summed E-state index contributed by atoms with van der Waals surface area (Å²) in [5.74, 6) is 0.0367. The van der Waals surface area contributed by atoms with Crippen molar-refractivity contribution in [3.63, 3.8) is 0 Å². The van der Waals surface area contributed by atoms with E-state index in [4.69, 9.17) is 0 Å². The minimum Gasteiger partial charge on any atom is -0.326 e. The molecule has 3 aromatic rings. The van der Waals surface area contributed by atoms with Crippen LogP contribution in [0.1, 0.15) is 5.56 Å². The molecule has 1 aromatic carbocycles. The highest BCUT2D eigenvalue weighted by Crippen LogP contribution is 2.27. The Balaban J connectivity index is 1.71. The topological polar surface area (TPSA) is 117 Å². The van der Waals surface area contributed by atoms with Gasteiger partial charge in [0.25, 0.3) is 10.0 Å². The minimum atomic E-state index is -3.81. The average molecular weight is 329 g/mol. The third-order valence-corrected chi connectivity index (χ3v) is 4.92. The second-order valence-electron chi connectivity index (χ2n) is 5.12. The number of rotatable bonds is 3. The molecule has 3 N–H and O–H groups in total. The van der Waals surface area contributed by atoms with Crippen LogP contribution in [0.4, 0.5) is 11.5 Å². The first-order chi connectivity index (χ1) is 11.0. The zero-order valence-corrected chi connectivity index (χ0v) is 12.5. The Bertz CT molecular complexity index is 1040. The number of hydrogen-bond donors (Lipinski definition) is 3. The predicted molar refractivity (Wildman–Crippen MR) is 83.5 cm³/mol. The molecule has 0 atom stereocenters. The van der Waals surface area contributed by atoms with E-state index in [1.54, 1.807) is 24.4 Å². The third-order valence-electron chi connectivity index (χ3n) is 3.58. The Hall–Kier alpha value is -2.94.